The van der Waals surface area contributed by atoms with Gasteiger partial charge in [-0.15, -0.1) is 0 Å². The summed E-state index contributed by atoms with van der Waals surface area (Å²) in [5.41, 5.74) is 7.29. The Bertz CT molecular complexity index is 1280. The van der Waals surface area contributed by atoms with Gasteiger partial charge in [-0.25, -0.2) is 0 Å². The van der Waals surface area contributed by atoms with Crippen LogP contribution in [0.25, 0.3) is 27.5 Å². The maximum absolute atomic E-state index is 3.57. The lowest BCUT2D eigenvalue weighted by molar-refractivity contribution is 0.590. The summed E-state index contributed by atoms with van der Waals surface area (Å²) in [6.07, 6.45) is 0. The molecular weight excluding hydrogens is 364 g/mol. The molecule has 0 aliphatic rings. The molecule has 0 fully saturated rings. The summed E-state index contributed by atoms with van der Waals surface area (Å²) in [6.45, 7) is 6.72. The molecule has 0 aliphatic carbocycles. The van der Waals surface area contributed by atoms with Crippen LogP contribution >= 0.6 is 0 Å². The van der Waals surface area contributed by atoms with Crippen molar-refractivity contribution in [3.8, 4) is 5.69 Å². The van der Waals surface area contributed by atoms with Crippen LogP contribution in [0, 0.1) is 0 Å². The molecule has 0 radical (unpaired) electrons. The second kappa shape index (κ2) is 7.07. The molecule has 148 valence electrons. The van der Waals surface area contributed by atoms with Crippen LogP contribution in [-0.4, -0.2) is 4.57 Å². The van der Waals surface area contributed by atoms with Gasteiger partial charge in [0.2, 0.25) is 0 Å². The Morgan fingerprint density at radius 2 is 1.20 bits per heavy atom. The van der Waals surface area contributed by atoms with Crippen LogP contribution in [0.3, 0.4) is 0 Å². The Labute approximate surface area is 177 Å². The average molecular weight is 391 g/mol. The quantitative estimate of drug-likeness (QED) is 0.332. The zero-order valence-electron chi connectivity index (χ0n) is 17.7. The number of aromatic nitrogens is 1. The largest absolute Gasteiger partial charge is 0.355 e. The number of rotatable bonds is 3. The van der Waals surface area contributed by atoms with Crippen molar-refractivity contribution in [2.75, 3.05) is 5.32 Å². The van der Waals surface area contributed by atoms with Crippen LogP contribution in [0.5, 0.6) is 0 Å². The van der Waals surface area contributed by atoms with Gasteiger partial charge in [-0.2, -0.15) is 0 Å². The third-order valence-corrected chi connectivity index (χ3v) is 5.72. The van der Waals surface area contributed by atoms with Gasteiger partial charge in [0, 0.05) is 27.8 Å². The number of fused-ring (bicyclic) bond motifs is 3. The van der Waals surface area contributed by atoms with Gasteiger partial charge in [0.15, 0.2) is 0 Å². The van der Waals surface area contributed by atoms with Gasteiger partial charge >= 0.3 is 0 Å². The molecule has 0 unspecified atom stereocenters. The lowest BCUT2D eigenvalue weighted by Crippen LogP contribution is -2.10. The number of hydrogen-bond donors (Lipinski definition) is 1. The van der Waals surface area contributed by atoms with Crippen molar-refractivity contribution in [1.29, 1.82) is 0 Å². The van der Waals surface area contributed by atoms with E-state index in [4.69, 9.17) is 0 Å². The van der Waals surface area contributed by atoms with E-state index in [1.165, 1.54) is 27.4 Å². The van der Waals surface area contributed by atoms with Crippen LogP contribution < -0.4 is 5.32 Å². The van der Waals surface area contributed by atoms with Gasteiger partial charge < -0.3 is 9.88 Å². The molecule has 0 aliphatic heterocycles. The number of nitrogens with zero attached hydrogens (tertiary/aromatic N) is 1. The van der Waals surface area contributed by atoms with E-state index in [1.54, 1.807) is 0 Å². The molecule has 0 atom stereocenters. The number of para-hydroxylation sites is 2. The van der Waals surface area contributed by atoms with E-state index in [1.807, 2.05) is 0 Å². The molecule has 1 N–H and O–H groups in total. The van der Waals surface area contributed by atoms with Crippen molar-refractivity contribution in [3.63, 3.8) is 0 Å². The molecule has 0 saturated heterocycles. The summed E-state index contributed by atoms with van der Waals surface area (Å²) in [4.78, 5) is 0. The van der Waals surface area contributed by atoms with Gasteiger partial charge in [0.25, 0.3) is 0 Å². The predicted octanol–water partition coefficient (Wildman–Crippen LogP) is 7.82. The lowest BCUT2D eigenvalue weighted by Gasteiger charge is -2.19. The third kappa shape index (κ3) is 3.25. The molecule has 1 heterocycles. The Balaban J connectivity index is 1.56. The number of nitrogens with one attached hydrogen (secondary N) is 1. The molecule has 0 bridgehead atoms. The minimum Gasteiger partial charge on any atom is -0.355 e. The molecular formula is C28H26N2. The average Bonchev–Trinajstić information content (AvgIpc) is 3.08. The second-order valence-electron chi connectivity index (χ2n) is 8.87. The Morgan fingerprint density at radius 3 is 1.80 bits per heavy atom. The van der Waals surface area contributed by atoms with E-state index < -0.39 is 0 Å². The fourth-order valence-electron chi connectivity index (χ4n) is 4.14. The van der Waals surface area contributed by atoms with Crippen molar-refractivity contribution in [3.05, 3.63) is 103 Å². The number of anilines is 2. The van der Waals surface area contributed by atoms with Crippen LogP contribution in [0.4, 0.5) is 11.4 Å². The SMILES string of the molecule is CC(C)(C)c1ccc(Nc2cccc(-n3c4ccccc4c4ccccc43)c2)cc1. The van der Waals surface area contributed by atoms with Gasteiger partial charge in [-0.1, -0.05) is 75.4 Å². The maximum atomic E-state index is 3.57. The second-order valence-corrected chi connectivity index (χ2v) is 8.87. The van der Waals surface area contributed by atoms with Crippen LogP contribution in [0.1, 0.15) is 26.3 Å². The van der Waals surface area contributed by atoms with Crippen LogP contribution in [0.2, 0.25) is 0 Å². The normalized spacial score (nSPS) is 11.8. The van der Waals surface area contributed by atoms with Crippen LogP contribution in [0.15, 0.2) is 97.1 Å². The summed E-state index contributed by atoms with van der Waals surface area (Å²) in [5, 5.41) is 6.13. The first-order chi connectivity index (χ1) is 14.5. The van der Waals surface area contributed by atoms with E-state index >= 15 is 0 Å². The van der Waals surface area contributed by atoms with Crippen molar-refractivity contribution in [2.24, 2.45) is 0 Å². The molecule has 30 heavy (non-hydrogen) atoms. The van der Waals surface area contributed by atoms with Crippen LogP contribution in [-0.2, 0) is 5.41 Å². The highest BCUT2D eigenvalue weighted by molar-refractivity contribution is 6.09. The monoisotopic (exact) mass is 390 g/mol. The smallest absolute Gasteiger partial charge is 0.0541 e. The van der Waals surface area contributed by atoms with Crippen molar-refractivity contribution in [2.45, 2.75) is 26.2 Å². The number of benzene rings is 4. The van der Waals surface area contributed by atoms with Crippen molar-refractivity contribution in [1.82, 2.24) is 4.57 Å². The Hall–Kier alpha value is -3.52. The zero-order valence-corrected chi connectivity index (χ0v) is 17.7. The first-order valence-electron chi connectivity index (χ1n) is 10.5. The Kier molecular flexibility index (Phi) is 4.36. The molecule has 0 saturated carbocycles. The van der Waals surface area contributed by atoms with E-state index in [2.05, 4.69) is 128 Å². The summed E-state index contributed by atoms with van der Waals surface area (Å²) in [5.74, 6) is 0. The van der Waals surface area contributed by atoms with Gasteiger partial charge in [0.05, 0.1) is 11.0 Å². The topological polar surface area (TPSA) is 17.0 Å². The molecule has 0 amide bonds. The molecule has 2 nitrogen and oxygen atoms in total. The van der Waals surface area contributed by atoms with Crippen molar-refractivity contribution >= 4 is 33.2 Å². The highest BCUT2D eigenvalue weighted by Gasteiger charge is 2.13. The van der Waals surface area contributed by atoms with E-state index in [9.17, 15) is 0 Å². The standard InChI is InChI=1S/C28H26N2/c1-28(2,3)20-15-17-21(18-16-20)29-22-9-8-10-23(19-22)30-26-13-6-4-11-24(26)25-12-5-7-14-27(25)30/h4-19,29H,1-3H3. The summed E-state index contributed by atoms with van der Waals surface area (Å²) < 4.78 is 2.35. The van der Waals surface area contributed by atoms with E-state index in [0.717, 1.165) is 17.1 Å². The lowest BCUT2D eigenvalue weighted by atomic mass is 9.87. The molecule has 5 rings (SSSR count). The highest BCUT2D eigenvalue weighted by Crippen LogP contribution is 2.33. The molecule has 1 aromatic heterocycles. The Morgan fingerprint density at radius 1 is 0.600 bits per heavy atom. The molecule has 4 aromatic carbocycles. The summed E-state index contributed by atoms with van der Waals surface area (Å²) in [6, 6.07) is 34.6. The van der Waals surface area contributed by atoms with E-state index in [-0.39, 0.29) is 5.41 Å². The first kappa shape index (κ1) is 18.5. The summed E-state index contributed by atoms with van der Waals surface area (Å²) >= 11 is 0. The van der Waals surface area contributed by atoms with E-state index in [0.29, 0.717) is 0 Å². The molecule has 2 heteroatoms. The molecule has 5 aromatic rings. The van der Waals surface area contributed by atoms with Gasteiger partial charge in [0.1, 0.15) is 0 Å². The van der Waals surface area contributed by atoms with Gasteiger partial charge in [-0.3, -0.25) is 0 Å². The number of hydrogen-bond acceptors (Lipinski definition) is 1. The maximum Gasteiger partial charge on any atom is 0.0541 e. The minimum absolute atomic E-state index is 0.162. The zero-order chi connectivity index (χ0) is 20.7. The van der Waals surface area contributed by atoms with Gasteiger partial charge in [-0.05, 0) is 53.4 Å². The summed E-state index contributed by atoms with van der Waals surface area (Å²) in [7, 11) is 0. The van der Waals surface area contributed by atoms with Crippen molar-refractivity contribution < 1.29 is 0 Å². The fourth-order valence-corrected chi connectivity index (χ4v) is 4.14. The fraction of sp³-hybridized carbons (Fsp3) is 0.143. The first-order valence-corrected chi connectivity index (χ1v) is 10.5. The predicted molar refractivity (Wildman–Crippen MR) is 129 cm³/mol. The third-order valence-electron chi connectivity index (χ3n) is 5.72. The minimum atomic E-state index is 0.162. The molecule has 0 spiro atoms. The highest BCUT2D eigenvalue weighted by atomic mass is 15.0.